The maximum atomic E-state index is 12.5. The van der Waals surface area contributed by atoms with Crippen LogP contribution in [0.1, 0.15) is 36.3 Å². The van der Waals surface area contributed by atoms with Gasteiger partial charge in [-0.05, 0) is 31.9 Å². The molecule has 1 saturated heterocycles. The van der Waals surface area contributed by atoms with E-state index in [2.05, 4.69) is 4.98 Å². The first-order valence-electron chi connectivity index (χ1n) is 6.68. The fourth-order valence-corrected chi connectivity index (χ4v) is 2.50. The van der Waals surface area contributed by atoms with Crippen LogP contribution in [0.3, 0.4) is 0 Å². The fraction of sp³-hybridized carbons (Fsp3) is 0.571. The molecule has 0 aliphatic carbocycles. The van der Waals surface area contributed by atoms with Gasteiger partial charge in [-0.3, -0.25) is 4.79 Å². The summed E-state index contributed by atoms with van der Waals surface area (Å²) >= 11 is 0. The van der Waals surface area contributed by atoms with Crippen LogP contribution >= 0.6 is 0 Å². The van der Waals surface area contributed by atoms with Gasteiger partial charge in [0.25, 0.3) is 5.91 Å². The summed E-state index contributed by atoms with van der Waals surface area (Å²) in [4.78, 5) is 18.4. The average molecular weight is 263 g/mol. The SMILES string of the molecule is CCc1cc(C(=O)N(C)C2CCOC2C)cc(N)n1. The molecule has 0 radical (unpaired) electrons. The number of anilines is 1. The molecule has 1 aromatic heterocycles. The van der Waals surface area contributed by atoms with Crippen LogP contribution in [0.4, 0.5) is 5.82 Å². The lowest BCUT2D eigenvalue weighted by Gasteiger charge is -2.27. The highest BCUT2D eigenvalue weighted by Crippen LogP contribution is 2.20. The van der Waals surface area contributed by atoms with E-state index in [4.69, 9.17) is 10.5 Å². The minimum Gasteiger partial charge on any atom is -0.384 e. The molecule has 2 unspecified atom stereocenters. The van der Waals surface area contributed by atoms with Gasteiger partial charge < -0.3 is 15.4 Å². The summed E-state index contributed by atoms with van der Waals surface area (Å²) in [5, 5.41) is 0. The van der Waals surface area contributed by atoms with Crippen molar-refractivity contribution >= 4 is 11.7 Å². The van der Waals surface area contributed by atoms with Crippen LogP contribution in [0.25, 0.3) is 0 Å². The number of ether oxygens (including phenoxy) is 1. The van der Waals surface area contributed by atoms with E-state index in [1.807, 2.05) is 27.0 Å². The van der Waals surface area contributed by atoms with Crippen molar-refractivity contribution in [3.8, 4) is 0 Å². The van der Waals surface area contributed by atoms with Gasteiger partial charge in [0.1, 0.15) is 5.82 Å². The number of nitrogen functional groups attached to an aromatic ring is 1. The molecule has 1 aromatic rings. The molecule has 5 heteroatoms. The van der Waals surface area contributed by atoms with Crippen LogP contribution < -0.4 is 5.73 Å². The fourth-order valence-electron chi connectivity index (χ4n) is 2.50. The standard InChI is InChI=1S/C14H21N3O2/c1-4-11-7-10(8-13(15)16-11)14(18)17(3)12-5-6-19-9(12)2/h7-9,12H,4-6H2,1-3H3,(H2,15,16). The number of amides is 1. The number of carbonyl (C=O) groups is 1. The van der Waals surface area contributed by atoms with Crippen LogP contribution in [0.2, 0.25) is 0 Å². The molecule has 0 saturated carbocycles. The number of aromatic nitrogens is 1. The van der Waals surface area contributed by atoms with Gasteiger partial charge in [0.2, 0.25) is 0 Å². The Bertz CT molecular complexity index is 476. The molecule has 0 bridgehead atoms. The lowest BCUT2D eigenvalue weighted by atomic mass is 10.1. The average Bonchev–Trinajstić information content (AvgIpc) is 2.82. The Morgan fingerprint density at radius 1 is 1.58 bits per heavy atom. The molecule has 2 atom stereocenters. The first-order chi connectivity index (χ1) is 9.02. The van der Waals surface area contributed by atoms with Gasteiger partial charge in [-0.2, -0.15) is 0 Å². The van der Waals surface area contributed by atoms with E-state index < -0.39 is 0 Å². The molecule has 2 heterocycles. The van der Waals surface area contributed by atoms with Crippen molar-refractivity contribution in [3.63, 3.8) is 0 Å². The number of nitrogens with two attached hydrogens (primary N) is 1. The zero-order valence-electron chi connectivity index (χ0n) is 11.7. The lowest BCUT2D eigenvalue weighted by molar-refractivity contribution is 0.0574. The summed E-state index contributed by atoms with van der Waals surface area (Å²) in [7, 11) is 1.82. The van der Waals surface area contributed by atoms with E-state index >= 15 is 0 Å². The van der Waals surface area contributed by atoms with E-state index in [0.29, 0.717) is 18.0 Å². The van der Waals surface area contributed by atoms with Crippen LogP contribution in [-0.2, 0) is 11.2 Å². The second-order valence-electron chi connectivity index (χ2n) is 4.97. The van der Waals surface area contributed by atoms with E-state index in [-0.39, 0.29) is 18.1 Å². The van der Waals surface area contributed by atoms with Crippen molar-refractivity contribution in [1.82, 2.24) is 9.88 Å². The summed E-state index contributed by atoms with van der Waals surface area (Å²) in [6.07, 6.45) is 1.72. The van der Waals surface area contributed by atoms with Gasteiger partial charge >= 0.3 is 0 Å². The Labute approximate surface area is 113 Å². The van der Waals surface area contributed by atoms with Crippen molar-refractivity contribution in [3.05, 3.63) is 23.4 Å². The Hall–Kier alpha value is -1.62. The largest absolute Gasteiger partial charge is 0.384 e. The number of pyridine rings is 1. The molecule has 1 fully saturated rings. The molecule has 1 amide bonds. The van der Waals surface area contributed by atoms with Crippen LogP contribution in [-0.4, -0.2) is 41.6 Å². The molecule has 1 aliphatic rings. The Balaban J connectivity index is 2.21. The third-order valence-electron chi connectivity index (χ3n) is 3.66. The summed E-state index contributed by atoms with van der Waals surface area (Å²) in [5.74, 6) is 0.373. The molecule has 0 spiro atoms. The van der Waals surface area contributed by atoms with Gasteiger partial charge in [0.05, 0.1) is 12.1 Å². The van der Waals surface area contributed by atoms with Crippen molar-refractivity contribution in [2.75, 3.05) is 19.4 Å². The first kappa shape index (κ1) is 13.8. The number of likely N-dealkylation sites (N-methyl/N-ethyl adjacent to an activating group) is 1. The first-order valence-corrected chi connectivity index (χ1v) is 6.68. The number of rotatable bonds is 3. The van der Waals surface area contributed by atoms with Crippen molar-refractivity contribution in [1.29, 1.82) is 0 Å². The van der Waals surface area contributed by atoms with Crippen LogP contribution in [0, 0.1) is 0 Å². The third kappa shape index (κ3) is 2.87. The highest BCUT2D eigenvalue weighted by Gasteiger charge is 2.31. The normalized spacial score (nSPS) is 22.5. The van der Waals surface area contributed by atoms with E-state index in [1.165, 1.54) is 0 Å². The summed E-state index contributed by atoms with van der Waals surface area (Å²) in [6.45, 7) is 4.70. The molecule has 19 heavy (non-hydrogen) atoms. The molecule has 5 nitrogen and oxygen atoms in total. The minimum atomic E-state index is -0.0221. The van der Waals surface area contributed by atoms with Gasteiger partial charge in [0, 0.05) is 24.9 Å². The third-order valence-corrected chi connectivity index (χ3v) is 3.66. The molecular weight excluding hydrogens is 242 g/mol. The number of hydrogen-bond donors (Lipinski definition) is 1. The van der Waals surface area contributed by atoms with Crippen molar-refractivity contribution < 1.29 is 9.53 Å². The second-order valence-corrected chi connectivity index (χ2v) is 4.97. The smallest absolute Gasteiger partial charge is 0.254 e. The molecule has 2 rings (SSSR count). The number of carbonyl (C=O) groups excluding carboxylic acids is 1. The number of hydrogen-bond acceptors (Lipinski definition) is 4. The van der Waals surface area contributed by atoms with Crippen LogP contribution in [0.15, 0.2) is 12.1 Å². The molecule has 1 aliphatic heterocycles. The van der Waals surface area contributed by atoms with Gasteiger partial charge in [-0.25, -0.2) is 4.98 Å². The summed E-state index contributed by atoms with van der Waals surface area (Å²) in [5.41, 5.74) is 7.19. The maximum Gasteiger partial charge on any atom is 0.254 e. The van der Waals surface area contributed by atoms with Gasteiger partial charge in [0.15, 0.2) is 0 Å². The number of aryl methyl sites for hydroxylation is 1. The Morgan fingerprint density at radius 3 is 2.89 bits per heavy atom. The lowest BCUT2D eigenvalue weighted by Crippen LogP contribution is -2.41. The number of nitrogens with zero attached hydrogens (tertiary/aromatic N) is 2. The van der Waals surface area contributed by atoms with E-state index in [1.54, 1.807) is 11.0 Å². The monoisotopic (exact) mass is 263 g/mol. The van der Waals surface area contributed by atoms with E-state index in [9.17, 15) is 4.79 Å². The quantitative estimate of drug-likeness (QED) is 0.896. The van der Waals surface area contributed by atoms with Crippen molar-refractivity contribution in [2.45, 2.75) is 38.8 Å². The highest BCUT2D eigenvalue weighted by molar-refractivity contribution is 5.95. The molecule has 0 aromatic carbocycles. The maximum absolute atomic E-state index is 12.5. The predicted octanol–water partition coefficient (Wildman–Crippen LogP) is 1.48. The Kier molecular flexibility index (Phi) is 4.04. The van der Waals surface area contributed by atoms with Crippen LogP contribution in [0.5, 0.6) is 0 Å². The highest BCUT2D eigenvalue weighted by atomic mass is 16.5. The predicted molar refractivity (Wildman–Crippen MR) is 73.9 cm³/mol. The zero-order valence-corrected chi connectivity index (χ0v) is 11.7. The molecule has 2 N–H and O–H groups in total. The second kappa shape index (κ2) is 5.57. The Morgan fingerprint density at radius 2 is 2.32 bits per heavy atom. The van der Waals surface area contributed by atoms with Gasteiger partial charge in [-0.15, -0.1) is 0 Å². The van der Waals surface area contributed by atoms with Crippen molar-refractivity contribution in [2.24, 2.45) is 0 Å². The zero-order chi connectivity index (χ0) is 14.0. The minimum absolute atomic E-state index is 0.0221. The molecule has 104 valence electrons. The van der Waals surface area contributed by atoms with Gasteiger partial charge in [-0.1, -0.05) is 6.92 Å². The molecular formula is C14H21N3O2. The topological polar surface area (TPSA) is 68.5 Å². The summed E-state index contributed by atoms with van der Waals surface area (Å²) in [6, 6.07) is 3.58. The van der Waals surface area contributed by atoms with E-state index in [0.717, 1.165) is 18.5 Å². The summed E-state index contributed by atoms with van der Waals surface area (Å²) < 4.78 is 5.51.